The summed E-state index contributed by atoms with van der Waals surface area (Å²) in [5.74, 6) is 0.247. The van der Waals surface area contributed by atoms with E-state index >= 15 is 0 Å². The number of halogens is 1. The summed E-state index contributed by atoms with van der Waals surface area (Å²) in [7, 11) is 4.08. The van der Waals surface area contributed by atoms with Crippen LogP contribution in [0.5, 0.6) is 5.75 Å². The number of nitrogens with one attached hydrogen (secondary N) is 1. The second kappa shape index (κ2) is 9.22. The van der Waals surface area contributed by atoms with Gasteiger partial charge in [0.15, 0.2) is 11.5 Å². The fraction of sp³-hybridized carbons (Fsp3) is 0.258. The lowest BCUT2D eigenvalue weighted by Gasteiger charge is -2.15. The molecule has 202 valence electrons. The van der Waals surface area contributed by atoms with Crippen molar-refractivity contribution in [2.45, 2.75) is 38.7 Å². The van der Waals surface area contributed by atoms with Crippen LogP contribution in [0, 0.1) is 5.82 Å². The highest BCUT2D eigenvalue weighted by Crippen LogP contribution is 2.44. The van der Waals surface area contributed by atoms with Crippen molar-refractivity contribution in [2.75, 3.05) is 19.0 Å². The molecule has 1 N–H and O–H groups in total. The summed E-state index contributed by atoms with van der Waals surface area (Å²) in [5.41, 5.74) is 9.71. The molecule has 8 nitrogen and oxygen atoms in total. The molecule has 40 heavy (non-hydrogen) atoms. The van der Waals surface area contributed by atoms with Gasteiger partial charge >= 0.3 is 5.76 Å². The van der Waals surface area contributed by atoms with Crippen LogP contribution in [0.25, 0.3) is 16.8 Å². The number of fused-ring (bicyclic) bond motifs is 3. The van der Waals surface area contributed by atoms with Crippen LogP contribution in [-0.4, -0.2) is 33.6 Å². The Balaban J connectivity index is 1.35. The van der Waals surface area contributed by atoms with Gasteiger partial charge in [0, 0.05) is 49.8 Å². The number of allylic oxidation sites excluding steroid dienone is 1. The monoisotopic (exact) mass is 537 g/mol. The zero-order chi connectivity index (χ0) is 27.5. The minimum Gasteiger partial charge on any atom is -0.488 e. The average molecular weight is 538 g/mol. The van der Waals surface area contributed by atoms with E-state index in [4.69, 9.17) is 14.2 Å². The fourth-order valence-corrected chi connectivity index (χ4v) is 5.68. The lowest BCUT2D eigenvalue weighted by molar-refractivity contribution is 0.305. The van der Waals surface area contributed by atoms with E-state index < -0.39 is 5.76 Å². The number of aromatic nitrogens is 4. The van der Waals surface area contributed by atoms with Gasteiger partial charge in [-0.3, -0.25) is 9.51 Å². The summed E-state index contributed by atoms with van der Waals surface area (Å²) in [5, 5.41) is 3.90. The van der Waals surface area contributed by atoms with Gasteiger partial charge in [-0.15, -0.1) is 0 Å². The van der Waals surface area contributed by atoms with Crippen molar-refractivity contribution >= 4 is 22.5 Å². The van der Waals surface area contributed by atoms with Gasteiger partial charge in [-0.25, -0.2) is 14.2 Å². The molecule has 3 aromatic heterocycles. The van der Waals surface area contributed by atoms with Crippen LogP contribution >= 0.6 is 0 Å². The first-order chi connectivity index (χ1) is 19.4. The summed E-state index contributed by atoms with van der Waals surface area (Å²) in [4.78, 5) is 21.6. The molecule has 7 rings (SSSR count). The Bertz CT molecular complexity index is 1880. The van der Waals surface area contributed by atoms with E-state index in [0.29, 0.717) is 29.5 Å². The van der Waals surface area contributed by atoms with E-state index in [0.717, 1.165) is 39.2 Å². The lowest BCUT2D eigenvalue weighted by atomic mass is 9.89. The Hall–Kier alpha value is -4.66. The van der Waals surface area contributed by atoms with Crippen LogP contribution in [0.2, 0.25) is 0 Å². The number of aromatic amines is 1. The maximum Gasteiger partial charge on any atom is 0.439 e. The molecule has 0 bridgehead atoms. The molecule has 0 spiro atoms. The molecule has 0 unspecified atom stereocenters. The third-order valence-corrected chi connectivity index (χ3v) is 7.78. The maximum absolute atomic E-state index is 14.2. The molecular weight excluding hydrogens is 509 g/mol. The van der Waals surface area contributed by atoms with Gasteiger partial charge in [-0.05, 0) is 66.3 Å². The third-order valence-electron chi connectivity index (χ3n) is 7.78. The first kappa shape index (κ1) is 24.4. The van der Waals surface area contributed by atoms with Gasteiger partial charge in [0.05, 0.1) is 17.1 Å². The predicted molar refractivity (Wildman–Crippen MR) is 150 cm³/mol. The zero-order valence-electron chi connectivity index (χ0n) is 22.5. The first-order valence-corrected chi connectivity index (χ1v) is 13.4. The number of anilines is 1. The Labute approximate surface area is 229 Å². The molecule has 2 aliphatic rings. The fourth-order valence-electron chi connectivity index (χ4n) is 5.68. The minimum atomic E-state index is -0.633. The molecule has 0 radical (unpaired) electrons. The van der Waals surface area contributed by atoms with Crippen LogP contribution in [0.4, 0.5) is 10.1 Å². The number of ether oxygens (including phenoxy) is 1. The smallest absolute Gasteiger partial charge is 0.439 e. The normalized spacial score (nSPS) is 15.8. The number of hydrogen-bond acceptors (Lipinski definition) is 6. The van der Waals surface area contributed by atoms with E-state index in [-0.39, 0.29) is 12.4 Å². The van der Waals surface area contributed by atoms with Crippen molar-refractivity contribution in [2.24, 2.45) is 0 Å². The molecule has 5 aromatic rings. The van der Waals surface area contributed by atoms with Crippen LogP contribution in [-0.2, 0) is 13.0 Å². The second-order valence-electron chi connectivity index (χ2n) is 10.7. The van der Waals surface area contributed by atoms with Crippen molar-refractivity contribution in [3.63, 3.8) is 0 Å². The quantitative estimate of drug-likeness (QED) is 0.316. The molecule has 9 heteroatoms. The molecule has 1 saturated carbocycles. The van der Waals surface area contributed by atoms with Crippen molar-refractivity contribution in [1.29, 1.82) is 0 Å². The lowest BCUT2D eigenvalue weighted by Crippen LogP contribution is -2.10. The third kappa shape index (κ3) is 4.09. The van der Waals surface area contributed by atoms with Gasteiger partial charge in [-0.1, -0.05) is 23.4 Å². The summed E-state index contributed by atoms with van der Waals surface area (Å²) < 4.78 is 27.4. The SMILES string of the molecule is CC(=C1c2ccc(Cc3c(C4CC4)nc4c(N(C)C)cccn34)cc2COc2cc(F)ccc21)c1noc(=O)[nH]1. The summed E-state index contributed by atoms with van der Waals surface area (Å²) in [6.07, 6.45) is 5.14. The molecule has 1 aliphatic heterocycles. The van der Waals surface area contributed by atoms with Gasteiger partial charge < -0.3 is 14.0 Å². The molecular formula is C31H28FN5O3. The van der Waals surface area contributed by atoms with Gasteiger partial charge in [0.25, 0.3) is 0 Å². The molecule has 0 amide bonds. The van der Waals surface area contributed by atoms with Crippen molar-refractivity contribution in [1.82, 2.24) is 19.5 Å². The standard InChI is InChI=1S/C31H28FN5O3/c1-17(29-34-31(38)40-35-29)27-22-10-6-18(13-20(22)16-39-26-15-21(32)9-11-23(26)27)14-25-28(19-7-8-19)33-30-24(36(2)3)5-4-12-37(25)30/h4-6,9-13,15,19H,7-8,14,16H2,1-3H3,(H,34,35,38). The van der Waals surface area contributed by atoms with Gasteiger partial charge in [0.2, 0.25) is 0 Å². The average Bonchev–Trinajstić information content (AvgIpc) is 3.63. The van der Waals surface area contributed by atoms with Crippen LogP contribution in [0.15, 0.2) is 64.0 Å². The number of nitrogens with zero attached hydrogens (tertiary/aromatic N) is 4. The molecule has 0 saturated heterocycles. The summed E-state index contributed by atoms with van der Waals surface area (Å²) in [6, 6.07) is 15.0. The highest BCUT2D eigenvalue weighted by atomic mass is 19.1. The van der Waals surface area contributed by atoms with Crippen LogP contribution in [0.1, 0.15) is 65.1 Å². The summed E-state index contributed by atoms with van der Waals surface area (Å²) in [6.45, 7) is 2.14. The van der Waals surface area contributed by atoms with Crippen molar-refractivity contribution in [3.8, 4) is 5.75 Å². The number of rotatable bonds is 5. The minimum absolute atomic E-state index is 0.277. The largest absolute Gasteiger partial charge is 0.488 e. The van der Waals surface area contributed by atoms with Crippen LogP contribution < -0.4 is 15.4 Å². The van der Waals surface area contributed by atoms with E-state index in [9.17, 15) is 9.18 Å². The van der Waals surface area contributed by atoms with Gasteiger partial charge in [0.1, 0.15) is 18.2 Å². The Morgan fingerprint density at radius 2 is 1.98 bits per heavy atom. The molecule has 1 aliphatic carbocycles. The van der Waals surface area contributed by atoms with E-state index in [1.807, 2.05) is 21.0 Å². The molecule has 2 aromatic carbocycles. The van der Waals surface area contributed by atoms with Gasteiger partial charge in [-0.2, -0.15) is 0 Å². The van der Waals surface area contributed by atoms with Crippen molar-refractivity contribution < 1.29 is 13.7 Å². The number of benzene rings is 2. The Morgan fingerprint density at radius 3 is 2.73 bits per heavy atom. The molecule has 0 atom stereocenters. The van der Waals surface area contributed by atoms with E-state index in [1.165, 1.54) is 36.4 Å². The number of H-pyrrole nitrogens is 1. The number of imidazole rings is 1. The van der Waals surface area contributed by atoms with Crippen molar-refractivity contribution in [3.05, 3.63) is 111 Å². The first-order valence-electron chi connectivity index (χ1n) is 13.4. The number of pyridine rings is 1. The zero-order valence-corrected chi connectivity index (χ0v) is 22.5. The molecule has 4 heterocycles. The second-order valence-corrected chi connectivity index (χ2v) is 10.7. The van der Waals surface area contributed by atoms with Crippen LogP contribution in [0.3, 0.4) is 0 Å². The number of hydrogen-bond donors (Lipinski definition) is 1. The Morgan fingerprint density at radius 1 is 1.15 bits per heavy atom. The highest BCUT2D eigenvalue weighted by Gasteiger charge is 2.31. The highest BCUT2D eigenvalue weighted by molar-refractivity contribution is 5.99. The van der Waals surface area contributed by atoms with E-state index in [2.05, 4.69) is 56.0 Å². The topological polar surface area (TPSA) is 88.7 Å². The van der Waals surface area contributed by atoms with E-state index in [1.54, 1.807) is 6.07 Å². The predicted octanol–water partition coefficient (Wildman–Crippen LogP) is 5.56. The molecule has 1 fully saturated rings. The summed E-state index contributed by atoms with van der Waals surface area (Å²) >= 11 is 0. The maximum atomic E-state index is 14.2. The Kier molecular flexibility index (Phi) is 5.62.